The Labute approximate surface area is 198 Å². The standard InChI is InChI=1S/C21H17ClF8N2O3/c22-14-3-2-12(8-16(14)24)31-19(33)35-18(21(28,29)30)10-32-5-6-34-17(9-32)11-1-4-15(23)13(7-11)20(25,26)27/h1-4,7-8,17-18H,5-6,9-10H2,(H,31,33)/t17-,18-/m0/s1. The normalized spacial score (nSPS) is 18.3. The third-order valence-electron chi connectivity index (χ3n) is 5.02. The predicted molar refractivity (Wildman–Crippen MR) is 108 cm³/mol. The number of rotatable bonds is 5. The molecule has 2 atom stereocenters. The van der Waals surface area contributed by atoms with Crippen molar-refractivity contribution < 1.29 is 49.4 Å². The van der Waals surface area contributed by atoms with Gasteiger partial charge in [0.05, 0.1) is 23.3 Å². The first-order valence-electron chi connectivity index (χ1n) is 9.94. The summed E-state index contributed by atoms with van der Waals surface area (Å²) in [5.41, 5.74) is -1.79. The van der Waals surface area contributed by atoms with Gasteiger partial charge < -0.3 is 9.47 Å². The smallest absolute Gasteiger partial charge is 0.426 e. The van der Waals surface area contributed by atoms with Crippen LogP contribution in [0.5, 0.6) is 0 Å². The molecule has 1 N–H and O–H groups in total. The molecule has 0 spiro atoms. The Morgan fingerprint density at radius 3 is 2.46 bits per heavy atom. The number of ether oxygens (including phenoxy) is 2. The number of anilines is 1. The van der Waals surface area contributed by atoms with Crippen LogP contribution in [0.15, 0.2) is 36.4 Å². The lowest BCUT2D eigenvalue weighted by atomic mass is 10.0. The molecule has 0 bridgehead atoms. The molecule has 0 saturated carbocycles. The molecular weight excluding hydrogens is 516 g/mol. The molecule has 192 valence electrons. The zero-order valence-electron chi connectivity index (χ0n) is 17.5. The molecule has 1 fully saturated rings. The molecule has 0 radical (unpaired) electrons. The lowest BCUT2D eigenvalue weighted by Crippen LogP contribution is -2.48. The first-order valence-corrected chi connectivity index (χ1v) is 10.3. The van der Waals surface area contributed by atoms with Crippen molar-refractivity contribution in [3.8, 4) is 0 Å². The fraction of sp³-hybridized carbons (Fsp3) is 0.381. The number of carbonyl (C=O) groups is 1. The highest BCUT2D eigenvalue weighted by molar-refractivity contribution is 6.30. The Hall–Kier alpha value is -2.64. The van der Waals surface area contributed by atoms with Crippen LogP contribution in [0, 0.1) is 11.6 Å². The third-order valence-corrected chi connectivity index (χ3v) is 5.33. The van der Waals surface area contributed by atoms with E-state index in [9.17, 15) is 39.9 Å². The van der Waals surface area contributed by atoms with Gasteiger partial charge in [0.15, 0.2) is 0 Å². The summed E-state index contributed by atoms with van der Waals surface area (Å²) in [6, 6.07) is 5.22. The van der Waals surface area contributed by atoms with Crippen molar-refractivity contribution in [2.24, 2.45) is 0 Å². The number of carbonyl (C=O) groups excluding carboxylic acids is 1. The second-order valence-corrected chi connectivity index (χ2v) is 7.95. The Bertz CT molecular complexity index is 1060. The number of hydrogen-bond acceptors (Lipinski definition) is 4. The Morgan fingerprint density at radius 2 is 1.83 bits per heavy atom. The van der Waals surface area contributed by atoms with E-state index in [1.165, 1.54) is 4.90 Å². The summed E-state index contributed by atoms with van der Waals surface area (Å²) < 4.78 is 116. The Balaban J connectivity index is 1.68. The zero-order valence-corrected chi connectivity index (χ0v) is 18.3. The van der Waals surface area contributed by atoms with Crippen LogP contribution in [0.1, 0.15) is 17.2 Å². The van der Waals surface area contributed by atoms with E-state index < -0.39 is 54.4 Å². The molecule has 0 unspecified atom stereocenters. The molecule has 1 heterocycles. The lowest BCUT2D eigenvalue weighted by molar-refractivity contribution is -0.209. The van der Waals surface area contributed by atoms with Gasteiger partial charge in [-0.15, -0.1) is 0 Å². The van der Waals surface area contributed by atoms with Gasteiger partial charge in [0.25, 0.3) is 0 Å². The average molecular weight is 533 g/mol. The van der Waals surface area contributed by atoms with Crippen LogP contribution < -0.4 is 5.32 Å². The van der Waals surface area contributed by atoms with Crippen molar-refractivity contribution in [1.82, 2.24) is 4.90 Å². The predicted octanol–water partition coefficient (Wildman–Crippen LogP) is 6.19. The maximum absolute atomic E-state index is 13.6. The third kappa shape index (κ3) is 7.18. The van der Waals surface area contributed by atoms with E-state index in [-0.39, 0.29) is 36.0 Å². The molecule has 5 nitrogen and oxygen atoms in total. The summed E-state index contributed by atoms with van der Waals surface area (Å²) in [5.74, 6) is -2.41. The van der Waals surface area contributed by atoms with Gasteiger partial charge in [-0.25, -0.2) is 13.6 Å². The summed E-state index contributed by atoms with van der Waals surface area (Å²) in [7, 11) is 0. The van der Waals surface area contributed by atoms with E-state index in [4.69, 9.17) is 16.3 Å². The first kappa shape index (κ1) is 27.0. The van der Waals surface area contributed by atoms with Crippen LogP contribution in [-0.2, 0) is 15.7 Å². The number of hydrogen-bond donors (Lipinski definition) is 1. The van der Waals surface area contributed by atoms with Crippen LogP contribution in [0.3, 0.4) is 0 Å². The SMILES string of the molecule is O=C(Nc1ccc(Cl)c(F)c1)O[C@@H](CN1CCO[C@H](c2ccc(F)c(C(F)(F)F)c2)C1)C(F)(F)F. The topological polar surface area (TPSA) is 50.8 Å². The van der Waals surface area contributed by atoms with Crippen molar-refractivity contribution >= 4 is 23.4 Å². The fourth-order valence-electron chi connectivity index (χ4n) is 3.32. The van der Waals surface area contributed by atoms with E-state index in [0.717, 1.165) is 24.3 Å². The molecule has 1 saturated heterocycles. The maximum atomic E-state index is 13.6. The summed E-state index contributed by atoms with van der Waals surface area (Å²) >= 11 is 5.51. The van der Waals surface area contributed by atoms with Crippen molar-refractivity contribution in [3.05, 3.63) is 64.2 Å². The fourth-order valence-corrected chi connectivity index (χ4v) is 3.44. The van der Waals surface area contributed by atoms with Crippen LogP contribution in [0.25, 0.3) is 0 Å². The number of alkyl halides is 6. The van der Waals surface area contributed by atoms with E-state index in [0.29, 0.717) is 12.1 Å². The molecule has 0 aromatic heterocycles. The van der Waals surface area contributed by atoms with Crippen LogP contribution in [-0.4, -0.2) is 49.5 Å². The van der Waals surface area contributed by atoms with Crippen LogP contribution in [0.2, 0.25) is 5.02 Å². The molecule has 1 aliphatic heterocycles. The summed E-state index contributed by atoms with van der Waals surface area (Å²) in [5, 5.41) is 1.70. The zero-order chi connectivity index (χ0) is 26.0. The van der Waals surface area contributed by atoms with Crippen molar-refractivity contribution in [1.29, 1.82) is 0 Å². The van der Waals surface area contributed by atoms with Gasteiger partial charge >= 0.3 is 18.4 Å². The number of morpholine rings is 1. The monoisotopic (exact) mass is 532 g/mol. The van der Waals surface area contributed by atoms with Gasteiger partial charge in [0, 0.05) is 25.3 Å². The Morgan fingerprint density at radius 1 is 1.11 bits per heavy atom. The van der Waals surface area contributed by atoms with Crippen molar-refractivity contribution in [3.63, 3.8) is 0 Å². The number of nitrogens with one attached hydrogen (secondary N) is 1. The highest BCUT2D eigenvalue weighted by Crippen LogP contribution is 2.34. The molecule has 1 amide bonds. The molecule has 0 aliphatic carbocycles. The van der Waals surface area contributed by atoms with Crippen molar-refractivity contribution in [2.75, 3.05) is 31.6 Å². The molecule has 2 aromatic carbocycles. The van der Waals surface area contributed by atoms with Gasteiger partial charge in [0.2, 0.25) is 6.10 Å². The first-order chi connectivity index (χ1) is 16.2. The highest BCUT2D eigenvalue weighted by Gasteiger charge is 2.44. The lowest BCUT2D eigenvalue weighted by Gasteiger charge is -2.35. The molecular formula is C21H17ClF8N2O3. The van der Waals surface area contributed by atoms with Gasteiger partial charge in [-0.2, -0.15) is 26.3 Å². The van der Waals surface area contributed by atoms with E-state index in [2.05, 4.69) is 4.74 Å². The number of benzene rings is 2. The highest BCUT2D eigenvalue weighted by atomic mass is 35.5. The minimum absolute atomic E-state index is 0.0379. The summed E-state index contributed by atoms with van der Waals surface area (Å²) in [6.45, 7) is -1.30. The maximum Gasteiger partial charge on any atom is 0.426 e. The average Bonchev–Trinajstić information content (AvgIpc) is 2.75. The summed E-state index contributed by atoms with van der Waals surface area (Å²) in [6.07, 6.45) is -15.2. The largest absolute Gasteiger partial charge is 0.435 e. The number of halogens is 9. The molecule has 1 aliphatic rings. The number of nitrogens with zero attached hydrogens (tertiary/aromatic N) is 1. The number of amides is 1. The van der Waals surface area contributed by atoms with E-state index in [1.807, 2.05) is 5.32 Å². The van der Waals surface area contributed by atoms with Gasteiger partial charge in [-0.1, -0.05) is 17.7 Å². The second kappa shape index (κ2) is 10.5. The molecule has 35 heavy (non-hydrogen) atoms. The van der Waals surface area contributed by atoms with Gasteiger partial charge in [0.1, 0.15) is 11.6 Å². The second-order valence-electron chi connectivity index (χ2n) is 7.55. The van der Waals surface area contributed by atoms with Gasteiger partial charge in [-0.05, 0) is 35.9 Å². The molecule has 14 heteroatoms. The molecule has 3 rings (SSSR count). The van der Waals surface area contributed by atoms with Crippen LogP contribution >= 0.6 is 11.6 Å². The Kier molecular flexibility index (Phi) is 8.12. The van der Waals surface area contributed by atoms with Gasteiger partial charge in [-0.3, -0.25) is 10.2 Å². The van der Waals surface area contributed by atoms with E-state index in [1.54, 1.807) is 0 Å². The van der Waals surface area contributed by atoms with Crippen LogP contribution in [0.4, 0.5) is 45.6 Å². The van der Waals surface area contributed by atoms with E-state index >= 15 is 0 Å². The minimum atomic E-state index is -4.99. The molecule has 2 aromatic rings. The quantitative estimate of drug-likeness (QED) is 0.467. The minimum Gasteiger partial charge on any atom is -0.435 e. The summed E-state index contributed by atoms with van der Waals surface area (Å²) in [4.78, 5) is 13.2. The van der Waals surface area contributed by atoms with Crippen molar-refractivity contribution in [2.45, 2.75) is 24.6 Å².